The van der Waals surface area contributed by atoms with Gasteiger partial charge in [-0.25, -0.2) is 9.29 Å². The molecule has 0 saturated heterocycles. The van der Waals surface area contributed by atoms with Crippen LogP contribution in [0.1, 0.15) is 27.6 Å². The topological polar surface area (TPSA) is 65.1 Å². The molecule has 3 rings (SSSR count). The maximum Gasteiger partial charge on any atom is 0.266 e. The van der Waals surface area contributed by atoms with Crippen molar-refractivity contribution in [3.8, 4) is 5.75 Å². The molecule has 0 fully saturated rings. The largest absolute Gasteiger partial charge is 0.491 e. The Labute approximate surface area is 156 Å². The summed E-state index contributed by atoms with van der Waals surface area (Å²) in [6.45, 7) is 4.10. The molecule has 1 heterocycles. The molecule has 6 nitrogen and oxygen atoms in total. The van der Waals surface area contributed by atoms with Crippen molar-refractivity contribution in [2.75, 3.05) is 37.9 Å². The normalized spacial score (nSPS) is 13.2. The number of fused-ring (bicyclic) bond motifs is 1. The van der Waals surface area contributed by atoms with E-state index in [0.717, 1.165) is 4.90 Å². The molecule has 0 atom stereocenters. The van der Waals surface area contributed by atoms with Crippen LogP contribution >= 0.6 is 0 Å². The second kappa shape index (κ2) is 8.75. The third-order valence-corrected chi connectivity index (χ3v) is 4.03. The molecule has 2 amide bonds. The highest BCUT2D eigenvalue weighted by atomic mass is 19.1. The lowest BCUT2D eigenvalue weighted by Gasteiger charge is -2.16. The van der Waals surface area contributed by atoms with Gasteiger partial charge in [0.25, 0.3) is 11.8 Å². The number of anilines is 1. The molecule has 0 bridgehead atoms. The third-order valence-electron chi connectivity index (χ3n) is 4.03. The monoisotopic (exact) mass is 373 g/mol. The van der Waals surface area contributed by atoms with Gasteiger partial charge in [-0.2, -0.15) is 0 Å². The molecule has 0 saturated carbocycles. The van der Waals surface area contributed by atoms with Gasteiger partial charge >= 0.3 is 0 Å². The van der Waals surface area contributed by atoms with Crippen molar-refractivity contribution in [2.24, 2.45) is 0 Å². The Hall–Kier alpha value is -2.77. The van der Waals surface area contributed by atoms with E-state index in [4.69, 9.17) is 14.2 Å². The van der Waals surface area contributed by atoms with Gasteiger partial charge in [0.1, 0.15) is 18.2 Å². The summed E-state index contributed by atoms with van der Waals surface area (Å²) in [5, 5.41) is 0. The summed E-state index contributed by atoms with van der Waals surface area (Å²) >= 11 is 0. The van der Waals surface area contributed by atoms with Crippen molar-refractivity contribution in [3.05, 3.63) is 59.4 Å². The van der Waals surface area contributed by atoms with Gasteiger partial charge in [0.05, 0.1) is 36.6 Å². The lowest BCUT2D eigenvalue weighted by atomic mass is 10.1. The molecule has 0 aromatic heterocycles. The number of imide groups is 1. The second-order valence-corrected chi connectivity index (χ2v) is 5.76. The summed E-state index contributed by atoms with van der Waals surface area (Å²) in [7, 11) is 0. The number of amides is 2. The highest BCUT2D eigenvalue weighted by molar-refractivity contribution is 6.34. The summed E-state index contributed by atoms with van der Waals surface area (Å²) in [5.41, 5.74) is 0.391. The molecule has 1 aliphatic heterocycles. The Morgan fingerprint density at radius 2 is 1.52 bits per heavy atom. The minimum Gasteiger partial charge on any atom is -0.491 e. The number of carbonyl (C=O) groups is 2. The minimum atomic E-state index is -0.676. The SMILES string of the molecule is CCOCCOCCOc1ccc(F)c(N2C(=O)c3ccccc3C2=O)c1. The molecule has 2 aromatic carbocycles. The number of rotatable bonds is 9. The first-order chi connectivity index (χ1) is 13.1. The van der Waals surface area contributed by atoms with E-state index in [-0.39, 0.29) is 23.4 Å². The fourth-order valence-electron chi connectivity index (χ4n) is 2.74. The van der Waals surface area contributed by atoms with Crippen molar-refractivity contribution in [2.45, 2.75) is 6.92 Å². The first-order valence-corrected chi connectivity index (χ1v) is 8.69. The van der Waals surface area contributed by atoms with Gasteiger partial charge in [-0.05, 0) is 31.2 Å². The summed E-state index contributed by atoms with van der Waals surface area (Å²) < 4.78 is 30.3. The molecule has 2 aromatic rings. The molecular formula is C20H20FNO5. The van der Waals surface area contributed by atoms with Crippen LogP contribution in [0, 0.1) is 5.82 Å². The van der Waals surface area contributed by atoms with Gasteiger partial charge in [0, 0.05) is 12.7 Å². The van der Waals surface area contributed by atoms with Crippen molar-refractivity contribution < 1.29 is 28.2 Å². The number of nitrogens with zero attached hydrogens (tertiary/aromatic N) is 1. The van der Waals surface area contributed by atoms with Gasteiger partial charge in [-0.1, -0.05) is 12.1 Å². The number of halogens is 1. The zero-order valence-electron chi connectivity index (χ0n) is 14.9. The lowest BCUT2D eigenvalue weighted by molar-refractivity contribution is 0.0405. The maximum absolute atomic E-state index is 14.3. The summed E-state index contributed by atoms with van der Waals surface area (Å²) in [4.78, 5) is 25.9. The van der Waals surface area contributed by atoms with Gasteiger partial charge in [-0.3, -0.25) is 9.59 Å². The van der Waals surface area contributed by atoms with Crippen LogP contribution in [0.4, 0.5) is 10.1 Å². The van der Waals surface area contributed by atoms with E-state index in [0.29, 0.717) is 32.2 Å². The second-order valence-electron chi connectivity index (χ2n) is 5.76. The smallest absolute Gasteiger partial charge is 0.266 e. The number of hydrogen-bond acceptors (Lipinski definition) is 5. The van der Waals surface area contributed by atoms with Gasteiger partial charge in [0.2, 0.25) is 0 Å². The number of carbonyl (C=O) groups excluding carboxylic acids is 2. The minimum absolute atomic E-state index is 0.129. The van der Waals surface area contributed by atoms with Crippen molar-refractivity contribution in [3.63, 3.8) is 0 Å². The number of benzene rings is 2. The fourth-order valence-corrected chi connectivity index (χ4v) is 2.74. The summed E-state index contributed by atoms with van der Waals surface area (Å²) in [5.74, 6) is -1.43. The van der Waals surface area contributed by atoms with Crippen LogP contribution in [0.3, 0.4) is 0 Å². The number of hydrogen-bond donors (Lipinski definition) is 0. The van der Waals surface area contributed by atoms with Crippen LogP contribution in [0.2, 0.25) is 0 Å². The van der Waals surface area contributed by atoms with Crippen molar-refractivity contribution in [1.29, 1.82) is 0 Å². The summed E-state index contributed by atoms with van der Waals surface area (Å²) in [6.07, 6.45) is 0. The average Bonchev–Trinajstić information content (AvgIpc) is 2.93. The predicted octanol–water partition coefficient (Wildman–Crippen LogP) is 3.06. The predicted molar refractivity (Wildman–Crippen MR) is 96.8 cm³/mol. The van der Waals surface area contributed by atoms with Crippen LogP contribution in [0.15, 0.2) is 42.5 Å². The summed E-state index contributed by atoms with van der Waals surface area (Å²) in [6, 6.07) is 10.4. The quantitative estimate of drug-likeness (QED) is 0.499. The highest BCUT2D eigenvalue weighted by Gasteiger charge is 2.37. The van der Waals surface area contributed by atoms with E-state index in [9.17, 15) is 14.0 Å². The van der Waals surface area contributed by atoms with Gasteiger partial charge < -0.3 is 14.2 Å². The molecule has 142 valence electrons. The van der Waals surface area contributed by atoms with Crippen LogP contribution < -0.4 is 9.64 Å². The van der Waals surface area contributed by atoms with E-state index in [2.05, 4.69) is 0 Å². The molecule has 0 spiro atoms. The standard InChI is InChI=1S/C20H20FNO5/c1-2-25-9-10-26-11-12-27-14-7-8-17(21)18(13-14)22-19(23)15-5-3-4-6-16(15)20(22)24/h3-8,13H,2,9-12H2,1H3. The number of ether oxygens (including phenoxy) is 3. The molecular weight excluding hydrogens is 353 g/mol. The zero-order valence-corrected chi connectivity index (χ0v) is 14.9. The van der Waals surface area contributed by atoms with E-state index in [1.165, 1.54) is 18.2 Å². The van der Waals surface area contributed by atoms with Gasteiger partial charge in [-0.15, -0.1) is 0 Å². The molecule has 0 radical (unpaired) electrons. The molecule has 7 heteroatoms. The van der Waals surface area contributed by atoms with Crippen LogP contribution in [-0.4, -0.2) is 44.8 Å². The molecule has 27 heavy (non-hydrogen) atoms. The van der Waals surface area contributed by atoms with Gasteiger partial charge in [0.15, 0.2) is 0 Å². The highest BCUT2D eigenvalue weighted by Crippen LogP contribution is 2.32. The maximum atomic E-state index is 14.3. The van der Waals surface area contributed by atoms with Crippen LogP contribution in [0.25, 0.3) is 0 Å². The molecule has 1 aliphatic rings. The molecule has 0 N–H and O–H groups in total. The first-order valence-electron chi connectivity index (χ1n) is 8.69. The van der Waals surface area contributed by atoms with E-state index in [1.807, 2.05) is 6.92 Å². The average molecular weight is 373 g/mol. The van der Waals surface area contributed by atoms with Crippen LogP contribution in [0.5, 0.6) is 5.75 Å². The Morgan fingerprint density at radius 3 is 2.19 bits per heavy atom. The zero-order chi connectivity index (χ0) is 19.2. The Bertz CT molecular complexity index is 804. The van der Waals surface area contributed by atoms with E-state index < -0.39 is 17.6 Å². The first kappa shape index (κ1) is 19.0. The van der Waals surface area contributed by atoms with E-state index in [1.54, 1.807) is 24.3 Å². The van der Waals surface area contributed by atoms with Crippen LogP contribution in [-0.2, 0) is 9.47 Å². The van der Waals surface area contributed by atoms with E-state index >= 15 is 0 Å². The molecule has 0 aliphatic carbocycles. The lowest BCUT2D eigenvalue weighted by Crippen LogP contribution is -2.30. The van der Waals surface area contributed by atoms with Crippen molar-refractivity contribution in [1.82, 2.24) is 0 Å². The Morgan fingerprint density at radius 1 is 0.889 bits per heavy atom. The molecule has 0 unspecified atom stereocenters. The Kier molecular flexibility index (Phi) is 6.16. The van der Waals surface area contributed by atoms with Crippen molar-refractivity contribution >= 4 is 17.5 Å². The fraction of sp³-hybridized carbons (Fsp3) is 0.300. The third kappa shape index (κ3) is 4.15. The Balaban J connectivity index is 1.66.